The lowest BCUT2D eigenvalue weighted by molar-refractivity contribution is 0.183. The predicted molar refractivity (Wildman–Crippen MR) is 88.8 cm³/mol. The van der Waals surface area contributed by atoms with Crippen molar-refractivity contribution in [2.75, 3.05) is 6.54 Å². The second kappa shape index (κ2) is 7.91. The minimum Gasteiger partial charge on any atom is -0.393 e. The Morgan fingerprint density at radius 3 is 2.73 bits per heavy atom. The van der Waals surface area contributed by atoms with E-state index in [0.29, 0.717) is 19.5 Å². The number of urea groups is 1. The molecule has 2 aromatic rings. The van der Waals surface area contributed by atoms with Gasteiger partial charge in [-0.15, -0.1) is 11.3 Å². The molecule has 0 radical (unpaired) electrons. The van der Waals surface area contributed by atoms with Crippen LogP contribution in [0.15, 0.2) is 30.3 Å². The van der Waals surface area contributed by atoms with Crippen molar-refractivity contribution in [3.8, 4) is 10.6 Å². The molecule has 1 heterocycles. The third kappa shape index (κ3) is 4.82. The summed E-state index contributed by atoms with van der Waals surface area (Å²) in [5.41, 5.74) is 2.02. The van der Waals surface area contributed by atoms with E-state index in [-0.39, 0.29) is 6.03 Å². The highest BCUT2D eigenvalue weighted by Gasteiger charge is 2.10. The van der Waals surface area contributed by atoms with Gasteiger partial charge in [0.25, 0.3) is 0 Å². The van der Waals surface area contributed by atoms with Gasteiger partial charge in [-0.1, -0.05) is 30.3 Å². The normalized spacial score (nSPS) is 12.0. The Morgan fingerprint density at radius 2 is 2.05 bits per heavy atom. The summed E-state index contributed by atoms with van der Waals surface area (Å²) in [5, 5.41) is 15.6. The summed E-state index contributed by atoms with van der Waals surface area (Å²) in [6, 6.07) is 9.77. The van der Waals surface area contributed by atoms with Crippen molar-refractivity contribution in [2.24, 2.45) is 0 Å². The van der Waals surface area contributed by atoms with Crippen molar-refractivity contribution in [3.05, 3.63) is 40.9 Å². The van der Waals surface area contributed by atoms with E-state index in [0.717, 1.165) is 21.1 Å². The van der Waals surface area contributed by atoms with Crippen LogP contribution in [0.25, 0.3) is 10.6 Å². The molecule has 0 saturated carbocycles. The molecule has 1 aromatic carbocycles. The van der Waals surface area contributed by atoms with Gasteiger partial charge in [-0.2, -0.15) is 0 Å². The number of benzene rings is 1. The van der Waals surface area contributed by atoms with Crippen LogP contribution in [0.3, 0.4) is 0 Å². The van der Waals surface area contributed by atoms with Gasteiger partial charge in [-0.25, -0.2) is 9.78 Å². The van der Waals surface area contributed by atoms with Gasteiger partial charge in [0.1, 0.15) is 5.01 Å². The lowest BCUT2D eigenvalue weighted by atomic mass is 10.2. The van der Waals surface area contributed by atoms with Gasteiger partial charge in [0, 0.05) is 17.0 Å². The molecule has 6 heteroatoms. The number of amides is 2. The first-order valence-corrected chi connectivity index (χ1v) is 8.09. The Labute approximate surface area is 134 Å². The van der Waals surface area contributed by atoms with Gasteiger partial charge in [0.2, 0.25) is 0 Å². The molecular formula is C16H21N3O2S. The smallest absolute Gasteiger partial charge is 0.315 e. The molecule has 22 heavy (non-hydrogen) atoms. The Bertz CT molecular complexity index is 611. The van der Waals surface area contributed by atoms with Crippen LogP contribution in [-0.4, -0.2) is 28.8 Å². The second-order valence-electron chi connectivity index (χ2n) is 5.14. The number of thiazole rings is 1. The van der Waals surface area contributed by atoms with E-state index in [1.807, 2.05) is 37.3 Å². The van der Waals surface area contributed by atoms with Gasteiger partial charge < -0.3 is 15.7 Å². The number of aliphatic hydroxyl groups excluding tert-OH is 1. The molecule has 1 unspecified atom stereocenters. The summed E-state index contributed by atoms with van der Waals surface area (Å²) in [6.45, 7) is 4.56. The van der Waals surface area contributed by atoms with E-state index in [4.69, 9.17) is 5.11 Å². The maximum Gasteiger partial charge on any atom is 0.315 e. The van der Waals surface area contributed by atoms with E-state index in [9.17, 15) is 4.79 Å². The number of aliphatic hydroxyl groups is 1. The Kier molecular flexibility index (Phi) is 5.91. The van der Waals surface area contributed by atoms with Crippen LogP contribution in [0.2, 0.25) is 0 Å². The molecule has 0 aliphatic rings. The monoisotopic (exact) mass is 319 g/mol. The molecule has 0 aliphatic carbocycles. The second-order valence-corrected chi connectivity index (χ2v) is 6.22. The van der Waals surface area contributed by atoms with E-state index in [1.54, 1.807) is 18.3 Å². The van der Waals surface area contributed by atoms with Crippen LogP contribution in [0.1, 0.15) is 23.9 Å². The lowest BCUT2D eigenvalue weighted by Gasteiger charge is -2.08. The van der Waals surface area contributed by atoms with Crippen molar-refractivity contribution in [3.63, 3.8) is 0 Å². The molecule has 3 N–H and O–H groups in total. The van der Waals surface area contributed by atoms with Crippen molar-refractivity contribution < 1.29 is 9.90 Å². The summed E-state index contributed by atoms with van der Waals surface area (Å²) >= 11 is 1.59. The number of hydrogen-bond donors (Lipinski definition) is 3. The number of nitrogens with zero attached hydrogens (tertiary/aromatic N) is 1. The molecule has 0 fully saturated rings. The number of hydrogen-bond acceptors (Lipinski definition) is 4. The fourth-order valence-corrected chi connectivity index (χ4v) is 2.92. The molecule has 5 nitrogen and oxygen atoms in total. The number of aromatic nitrogens is 1. The molecule has 118 valence electrons. The van der Waals surface area contributed by atoms with Crippen molar-refractivity contribution in [1.82, 2.24) is 15.6 Å². The van der Waals surface area contributed by atoms with E-state index >= 15 is 0 Å². The van der Waals surface area contributed by atoms with E-state index in [1.165, 1.54) is 0 Å². The summed E-state index contributed by atoms with van der Waals surface area (Å²) < 4.78 is 0. The van der Waals surface area contributed by atoms with Crippen LogP contribution < -0.4 is 10.6 Å². The fraction of sp³-hybridized carbons (Fsp3) is 0.375. The van der Waals surface area contributed by atoms with Crippen LogP contribution in [0.4, 0.5) is 4.79 Å². The number of carbonyl (C=O) groups excluding carboxylic acids is 1. The first-order chi connectivity index (χ1) is 10.6. The molecule has 2 amide bonds. The molecule has 0 spiro atoms. The largest absolute Gasteiger partial charge is 0.393 e. The zero-order valence-electron chi connectivity index (χ0n) is 12.8. The molecule has 0 bridgehead atoms. The minimum atomic E-state index is -0.405. The number of rotatable bonds is 6. The number of nitrogens with one attached hydrogen (secondary N) is 2. The average molecular weight is 319 g/mol. The van der Waals surface area contributed by atoms with Gasteiger partial charge in [0.05, 0.1) is 18.3 Å². The maximum atomic E-state index is 11.7. The van der Waals surface area contributed by atoms with Gasteiger partial charge >= 0.3 is 6.03 Å². The molecule has 1 aromatic heterocycles. The highest BCUT2D eigenvalue weighted by atomic mass is 32.1. The third-order valence-corrected chi connectivity index (χ3v) is 4.38. The van der Waals surface area contributed by atoms with Crippen LogP contribution in [0.5, 0.6) is 0 Å². The molecule has 0 aliphatic heterocycles. The van der Waals surface area contributed by atoms with Gasteiger partial charge in [0.15, 0.2) is 0 Å². The first-order valence-electron chi connectivity index (χ1n) is 7.27. The zero-order valence-corrected chi connectivity index (χ0v) is 13.6. The van der Waals surface area contributed by atoms with Crippen molar-refractivity contribution in [2.45, 2.75) is 32.9 Å². The minimum absolute atomic E-state index is 0.227. The van der Waals surface area contributed by atoms with Gasteiger partial charge in [-0.05, 0) is 20.3 Å². The highest BCUT2D eigenvalue weighted by molar-refractivity contribution is 7.15. The first kappa shape index (κ1) is 16.5. The molecule has 2 rings (SSSR count). The summed E-state index contributed by atoms with van der Waals surface area (Å²) in [4.78, 5) is 17.3. The van der Waals surface area contributed by atoms with Gasteiger partial charge in [-0.3, -0.25) is 0 Å². The number of aryl methyl sites for hydroxylation is 1. The van der Waals surface area contributed by atoms with Crippen LogP contribution in [-0.2, 0) is 6.54 Å². The Hall–Kier alpha value is -1.92. The SMILES string of the molecule is Cc1nc(-c2ccccc2)sc1CNC(=O)NCCC(C)O. The standard InChI is InChI=1S/C16H21N3O2S/c1-11(20)8-9-17-16(21)18-10-14-12(2)19-15(22-14)13-6-4-3-5-7-13/h3-7,11,20H,8-10H2,1-2H3,(H2,17,18,21). The molecule has 0 saturated heterocycles. The van der Waals surface area contributed by atoms with E-state index in [2.05, 4.69) is 15.6 Å². The maximum absolute atomic E-state index is 11.7. The Morgan fingerprint density at radius 1 is 1.32 bits per heavy atom. The summed E-state index contributed by atoms with van der Waals surface area (Å²) in [6.07, 6.45) is 0.142. The zero-order chi connectivity index (χ0) is 15.9. The fourth-order valence-electron chi connectivity index (χ4n) is 1.91. The molecular weight excluding hydrogens is 298 g/mol. The quantitative estimate of drug-likeness (QED) is 0.766. The lowest BCUT2D eigenvalue weighted by Crippen LogP contribution is -2.36. The van der Waals surface area contributed by atoms with Crippen LogP contribution in [0, 0.1) is 6.92 Å². The predicted octanol–water partition coefficient (Wildman–Crippen LogP) is 2.69. The van der Waals surface area contributed by atoms with Crippen molar-refractivity contribution in [1.29, 1.82) is 0 Å². The van der Waals surface area contributed by atoms with E-state index < -0.39 is 6.10 Å². The molecule has 1 atom stereocenters. The topological polar surface area (TPSA) is 74.2 Å². The Balaban J connectivity index is 1.88. The third-order valence-electron chi connectivity index (χ3n) is 3.17. The summed E-state index contributed by atoms with van der Waals surface area (Å²) in [5.74, 6) is 0. The highest BCUT2D eigenvalue weighted by Crippen LogP contribution is 2.27. The van der Waals surface area contributed by atoms with Crippen molar-refractivity contribution >= 4 is 17.4 Å². The summed E-state index contributed by atoms with van der Waals surface area (Å²) in [7, 11) is 0. The van der Waals surface area contributed by atoms with Crippen LogP contribution >= 0.6 is 11.3 Å². The average Bonchev–Trinajstić information content (AvgIpc) is 2.87. The number of carbonyl (C=O) groups is 1.